The highest BCUT2D eigenvalue weighted by molar-refractivity contribution is 6.00. The van der Waals surface area contributed by atoms with Gasteiger partial charge in [-0.2, -0.15) is 0 Å². The number of carbonyl (C=O) groups excluding carboxylic acids is 1. The molecule has 0 bridgehead atoms. The second-order valence-corrected chi connectivity index (χ2v) is 4.47. The first-order chi connectivity index (χ1) is 8.60. The molecule has 98 valence electrons. The maximum atomic E-state index is 13.0. The van der Waals surface area contributed by atoms with Crippen molar-refractivity contribution in [2.24, 2.45) is 0 Å². The molecule has 1 aromatic carbocycles. The van der Waals surface area contributed by atoms with Gasteiger partial charge in [-0.3, -0.25) is 9.69 Å². The molecule has 5 heteroatoms. The highest BCUT2D eigenvalue weighted by Gasteiger charge is 2.24. The summed E-state index contributed by atoms with van der Waals surface area (Å²) in [6.07, 6.45) is 1.04. The van der Waals surface area contributed by atoms with E-state index in [0.717, 1.165) is 25.1 Å². The lowest BCUT2D eigenvalue weighted by Crippen LogP contribution is -2.29. The molecule has 0 saturated carbocycles. The molecule has 1 aliphatic heterocycles. The molecule has 4 nitrogen and oxygen atoms in total. The van der Waals surface area contributed by atoms with Crippen LogP contribution in [0.15, 0.2) is 18.2 Å². The van der Waals surface area contributed by atoms with E-state index in [1.54, 1.807) is 7.11 Å². The van der Waals surface area contributed by atoms with Crippen LogP contribution in [0, 0.1) is 5.82 Å². The Kier molecular flexibility index (Phi) is 3.93. The van der Waals surface area contributed by atoms with E-state index in [0.29, 0.717) is 6.54 Å². The van der Waals surface area contributed by atoms with Crippen LogP contribution in [0.1, 0.15) is 16.8 Å². The maximum absolute atomic E-state index is 13.0. The van der Waals surface area contributed by atoms with Crippen molar-refractivity contribution in [2.45, 2.75) is 12.5 Å². The van der Waals surface area contributed by atoms with Gasteiger partial charge in [0.25, 0.3) is 0 Å². The predicted octanol–water partition coefficient (Wildman–Crippen LogP) is 1.43. The summed E-state index contributed by atoms with van der Waals surface area (Å²) in [4.78, 5) is 13.9. The number of nitrogens with zero attached hydrogens (tertiary/aromatic N) is 1. The molecule has 18 heavy (non-hydrogen) atoms. The van der Waals surface area contributed by atoms with Gasteiger partial charge in [0.15, 0.2) is 5.78 Å². The Hall–Kier alpha value is -1.46. The molecule has 1 N–H and O–H groups in total. The molecule has 1 atom stereocenters. The standard InChI is InChI=1S/C13H16FNO3/c1-18-10-4-5-15(7-10)8-13(17)11-6-9(14)2-3-12(11)16/h2-3,6,10,16H,4-5,7-8H2,1H3. The van der Waals surface area contributed by atoms with Gasteiger partial charge in [0.05, 0.1) is 18.2 Å². The Morgan fingerprint density at radius 1 is 1.61 bits per heavy atom. The van der Waals surface area contributed by atoms with Crippen LogP contribution in [-0.2, 0) is 4.74 Å². The van der Waals surface area contributed by atoms with E-state index in [1.807, 2.05) is 4.90 Å². The Morgan fingerprint density at radius 2 is 2.39 bits per heavy atom. The highest BCUT2D eigenvalue weighted by Crippen LogP contribution is 2.20. The van der Waals surface area contributed by atoms with Crippen molar-refractivity contribution >= 4 is 5.78 Å². The van der Waals surface area contributed by atoms with Gasteiger partial charge in [-0.05, 0) is 24.6 Å². The minimum absolute atomic E-state index is 0.0378. The van der Waals surface area contributed by atoms with Crippen molar-refractivity contribution in [1.82, 2.24) is 4.90 Å². The van der Waals surface area contributed by atoms with Crippen molar-refractivity contribution in [2.75, 3.05) is 26.7 Å². The summed E-state index contributed by atoms with van der Waals surface area (Å²) in [5, 5.41) is 9.55. The number of hydrogen-bond acceptors (Lipinski definition) is 4. The van der Waals surface area contributed by atoms with Crippen LogP contribution >= 0.6 is 0 Å². The zero-order chi connectivity index (χ0) is 13.1. The molecule has 0 aromatic heterocycles. The first-order valence-electron chi connectivity index (χ1n) is 5.87. The van der Waals surface area contributed by atoms with Crippen LogP contribution in [0.3, 0.4) is 0 Å². The van der Waals surface area contributed by atoms with Gasteiger partial charge < -0.3 is 9.84 Å². The van der Waals surface area contributed by atoms with Crippen LogP contribution in [0.2, 0.25) is 0 Å². The number of methoxy groups -OCH3 is 1. The molecule has 1 fully saturated rings. The van der Waals surface area contributed by atoms with E-state index in [4.69, 9.17) is 4.74 Å². The fraction of sp³-hybridized carbons (Fsp3) is 0.462. The number of Topliss-reactive ketones (excluding diaryl/α,β-unsaturated/α-hetero) is 1. The third-order valence-corrected chi connectivity index (χ3v) is 3.19. The number of benzene rings is 1. The van der Waals surface area contributed by atoms with Crippen LogP contribution in [0.25, 0.3) is 0 Å². The van der Waals surface area contributed by atoms with Gasteiger partial charge in [0, 0.05) is 20.2 Å². The van der Waals surface area contributed by atoms with Gasteiger partial charge in [-0.25, -0.2) is 4.39 Å². The number of aromatic hydroxyl groups is 1. The van der Waals surface area contributed by atoms with Crippen LogP contribution in [0.5, 0.6) is 5.75 Å². The lowest BCUT2D eigenvalue weighted by molar-refractivity contribution is 0.0896. The second-order valence-electron chi connectivity index (χ2n) is 4.47. The molecule has 1 aliphatic rings. The normalized spacial score (nSPS) is 20.2. The fourth-order valence-electron chi connectivity index (χ4n) is 2.15. The monoisotopic (exact) mass is 253 g/mol. The van der Waals surface area contributed by atoms with Gasteiger partial charge in [0.2, 0.25) is 0 Å². The molecule has 1 saturated heterocycles. The van der Waals surface area contributed by atoms with Crippen molar-refractivity contribution in [3.05, 3.63) is 29.6 Å². The van der Waals surface area contributed by atoms with E-state index >= 15 is 0 Å². The Labute approximate surface area is 105 Å². The Morgan fingerprint density at radius 3 is 3.06 bits per heavy atom. The number of rotatable bonds is 4. The summed E-state index contributed by atoms with van der Waals surface area (Å²) in [5.74, 6) is -0.972. The van der Waals surface area contributed by atoms with Crippen molar-refractivity contribution < 1.29 is 19.0 Å². The molecule has 0 amide bonds. The topological polar surface area (TPSA) is 49.8 Å². The third-order valence-electron chi connectivity index (χ3n) is 3.19. The second kappa shape index (κ2) is 5.46. The number of phenolic OH excluding ortho intramolecular Hbond substituents is 1. The quantitative estimate of drug-likeness (QED) is 0.825. The average Bonchev–Trinajstić information content (AvgIpc) is 2.80. The van der Waals surface area contributed by atoms with Crippen LogP contribution < -0.4 is 0 Å². The molecule has 0 aliphatic carbocycles. The number of halogens is 1. The number of likely N-dealkylation sites (tertiary alicyclic amines) is 1. The summed E-state index contributed by atoms with van der Waals surface area (Å²) in [6, 6.07) is 3.40. The van der Waals surface area contributed by atoms with E-state index in [1.165, 1.54) is 6.07 Å². The van der Waals surface area contributed by atoms with Gasteiger partial charge in [-0.15, -0.1) is 0 Å². The fourth-order valence-corrected chi connectivity index (χ4v) is 2.15. The number of ether oxygens (including phenoxy) is 1. The minimum Gasteiger partial charge on any atom is -0.507 e. The maximum Gasteiger partial charge on any atom is 0.180 e. The van der Waals surface area contributed by atoms with E-state index < -0.39 is 5.82 Å². The van der Waals surface area contributed by atoms with Crippen molar-refractivity contribution in [3.63, 3.8) is 0 Å². The molecule has 0 spiro atoms. The summed E-state index contributed by atoms with van der Waals surface area (Å²) in [7, 11) is 1.65. The Balaban J connectivity index is 2.02. The number of phenols is 1. The largest absolute Gasteiger partial charge is 0.507 e. The van der Waals surface area contributed by atoms with E-state index in [-0.39, 0.29) is 29.7 Å². The molecule has 2 rings (SSSR count). The number of ketones is 1. The number of hydrogen-bond donors (Lipinski definition) is 1. The SMILES string of the molecule is COC1CCN(CC(=O)c2cc(F)ccc2O)C1. The summed E-state index contributed by atoms with van der Waals surface area (Å²) < 4.78 is 18.2. The molecular weight excluding hydrogens is 237 g/mol. The summed E-state index contributed by atoms with van der Waals surface area (Å²) in [5.41, 5.74) is 0.0378. The number of carbonyl (C=O) groups is 1. The summed E-state index contributed by atoms with van der Waals surface area (Å²) >= 11 is 0. The van der Waals surface area contributed by atoms with Crippen LogP contribution in [0.4, 0.5) is 4.39 Å². The van der Waals surface area contributed by atoms with Gasteiger partial charge in [-0.1, -0.05) is 0 Å². The predicted molar refractivity (Wildman–Crippen MR) is 64.2 cm³/mol. The van der Waals surface area contributed by atoms with Crippen molar-refractivity contribution in [1.29, 1.82) is 0 Å². The summed E-state index contributed by atoms with van der Waals surface area (Å²) in [6.45, 7) is 1.65. The van der Waals surface area contributed by atoms with E-state index in [2.05, 4.69) is 0 Å². The smallest absolute Gasteiger partial charge is 0.180 e. The van der Waals surface area contributed by atoms with Crippen molar-refractivity contribution in [3.8, 4) is 5.75 Å². The average molecular weight is 253 g/mol. The molecule has 1 aromatic rings. The molecule has 1 heterocycles. The minimum atomic E-state index is -0.521. The molecule has 1 unspecified atom stereocenters. The zero-order valence-corrected chi connectivity index (χ0v) is 10.2. The van der Waals surface area contributed by atoms with E-state index in [9.17, 15) is 14.3 Å². The Bertz CT molecular complexity index is 450. The third kappa shape index (κ3) is 2.86. The van der Waals surface area contributed by atoms with Gasteiger partial charge in [0.1, 0.15) is 11.6 Å². The first-order valence-corrected chi connectivity index (χ1v) is 5.87. The lowest BCUT2D eigenvalue weighted by Gasteiger charge is -2.14. The molecule has 0 radical (unpaired) electrons. The highest BCUT2D eigenvalue weighted by atomic mass is 19.1. The molecular formula is C13H16FNO3. The van der Waals surface area contributed by atoms with Crippen LogP contribution in [-0.4, -0.2) is 48.6 Å². The zero-order valence-electron chi connectivity index (χ0n) is 10.2. The van der Waals surface area contributed by atoms with Gasteiger partial charge >= 0.3 is 0 Å². The lowest BCUT2D eigenvalue weighted by atomic mass is 10.1. The first kappa shape index (κ1) is 13.0.